The van der Waals surface area contributed by atoms with Crippen molar-refractivity contribution < 1.29 is 15.0 Å². The van der Waals surface area contributed by atoms with E-state index in [2.05, 4.69) is 0 Å². The molecule has 0 heterocycles. The summed E-state index contributed by atoms with van der Waals surface area (Å²) in [5, 5.41) is 18.8. The number of carboxylic acid groups (broad SMARTS) is 1. The zero-order valence-corrected chi connectivity index (χ0v) is 9.41. The van der Waals surface area contributed by atoms with Crippen LogP contribution in [-0.4, -0.2) is 46.3 Å². The molecule has 0 aromatic carbocycles. The van der Waals surface area contributed by atoms with Crippen molar-refractivity contribution in [2.75, 3.05) is 19.6 Å². The molecular formula is C11H21NO3. The van der Waals surface area contributed by atoms with Gasteiger partial charge in [0.05, 0.1) is 12.0 Å². The molecule has 1 aliphatic carbocycles. The van der Waals surface area contributed by atoms with E-state index < -0.39 is 11.6 Å². The molecule has 0 saturated heterocycles. The Kier molecular flexibility index (Phi) is 4.54. The second kappa shape index (κ2) is 5.47. The van der Waals surface area contributed by atoms with Gasteiger partial charge in [-0.1, -0.05) is 19.8 Å². The van der Waals surface area contributed by atoms with Gasteiger partial charge in [-0.15, -0.1) is 0 Å². The molecule has 0 amide bonds. The molecule has 1 rings (SSSR count). The van der Waals surface area contributed by atoms with Gasteiger partial charge in [-0.3, -0.25) is 4.79 Å². The van der Waals surface area contributed by atoms with Crippen molar-refractivity contribution in [3.8, 4) is 0 Å². The zero-order valence-electron chi connectivity index (χ0n) is 9.41. The fourth-order valence-electron chi connectivity index (χ4n) is 2.21. The molecule has 1 aliphatic rings. The second-order valence-corrected chi connectivity index (χ2v) is 4.44. The average molecular weight is 215 g/mol. The van der Waals surface area contributed by atoms with E-state index in [1.807, 2.05) is 11.8 Å². The Morgan fingerprint density at radius 3 is 2.47 bits per heavy atom. The summed E-state index contributed by atoms with van der Waals surface area (Å²) in [5.74, 6) is -0.771. The van der Waals surface area contributed by atoms with E-state index in [9.17, 15) is 9.90 Å². The standard InChI is InChI=1S/C11H21NO3/c1-2-12(8-5-10(13)14)9-11(15)6-3-4-7-11/h15H,2-9H2,1H3,(H,13,14). The van der Waals surface area contributed by atoms with Crippen LogP contribution in [0.15, 0.2) is 0 Å². The highest BCUT2D eigenvalue weighted by molar-refractivity contribution is 5.66. The first-order valence-corrected chi connectivity index (χ1v) is 5.72. The number of likely N-dealkylation sites (N-methyl/N-ethyl adjacent to an activating group) is 1. The molecule has 15 heavy (non-hydrogen) atoms. The number of carboxylic acids is 1. The van der Waals surface area contributed by atoms with E-state index in [-0.39, 0.29) is 6.42 Å². The fraction of sp³-hybridized carbons (Fsp3) is 0.909. The lowest BCUT2D eigenvalue weighted by atomic mass is 10.0. The van der Waals surface area contributed by atoms with Gasteiger partial charge in [0.15, 0.2) is 0 Å². The highest BCUT2D eigenvalue weighted by Gasteiger charge is 2.32. The molecule has 0 spiro atoms. The van der Waals surface area contributed by atoms with Crippen molar-refractivity contribution >= 4 is 5.97 Å². The summed E-state index contributed by atoms with van der Waals surface area (Å²) in [6.07, 6.45) is 4.05. The van der Waals surface area contributed by atoms with Crippen LogP contribution in [0.25, 0.3) is 0 Å². The normalized spacial score (nSPS) is 19.7. The minimum absolute atomic E-state index is 0.157. The maximum absolute atomic E-state index is 10.4. The Bertz CT molecular complexity index is 212. The largest absolute Gasteiger partial charge is 0.481 e. The van der Waals surface area contributed by atoms with E-state index in [1.165, 1.54) is 0 Å². The van der Waals surface area contributed by atoms with Crippen molar-refractivity contribution in [1.29, 1.82) is 0 Å². The molecule has 4 heteroatoms. The van der Waals surface area contributed by atoms with Crippen molar-refractivity contribution in [1.82, 2.24) is 4.90 Å². The van der Waals surface area contributed by atoms with Gasteiger partial charge in [-0.05, 0) is 19.4 Å². The van der Waals surface area contributed by atoms with E-state index >= 15 is 0 Å². The fourth-order valence-corrected chi connectivity index (χ4v) is 2.21. The van der Waals surface area contributed by atoms with Gasteiger partial charge < -0.3 is 15.1 Å². The van der Waals surface area contributed by atoms with E-state index in [4.69, 9.17) is 5.11 Å². The Hall–Kier alpha value is -0.610. The first kappa shape index (κ1) is 12.5. The number of aliphatic hydroxyl groups is 1. The lowest BCUT2D eigenvalue weighted by Crippen LogP contribution is -2.41. The topological polar surface area (TPSA) is 60.8 Å². The SMILES string of the molecule is CCN(CCC(=O)O)CC1(O)CCCC1. The lowest BCUT2D eigenvalue weighted by molar-refractivity contribution is -0.137. The molecule has 0 atom stereocenters. The highest BCUT2D eigenvalue weighted by atomic mass is 16.4. The van der Waals surface area contributed by atoms with Crippen LogP contribution >= 0.6 is 0 Å². The number of aliphatic carboxylic acids is 1. The average Bonchev–Trinajstić information content (AvgIpc) is 2.59. The Balaban J connectivity index is 2.35. The van der Waals surface area contributed by atoms with Gasteiger partial charge in [0.25, 0.3) is 0 Å². The molecule has 88 valence electrons. The van der Waals surface area contributed by atoms with Crippen molar-refractivity contribution in [3.63, 3.8) is 0 Å². The molecule has 1 saturated carbocycles. The van der Waals surface area contributed by atoms with Gasteiger partial charge >= 0.3 is 5.97 Å². The van der Waals surface area contributed by atoms with E-state index in [0.29, 0.717) is 13.1 Å². The molecule has 0 aromatic rings. The molecule has 0 radical (unpaired) electrons. The first-order chi connectivity index (χ1) is 7.06. The number of carbonyl (C=O) groups is 1. The van der Waals surface area contributed by atoms with Crippen LogP contribution in [0.2, 0.25) is 0 Å². The lowest BCUT2D eigenvalue weighted by Gasteiger charge is -2.30. The maximum Gasteiger partial charge on any atom is 0.304 e. The third kappa shape index (κ3) is 4.18. The maximum atomic E-state index is 10.4. The number of hydrogen-bond acceptors (Lipinski definition) is 3. The molecule has 2 N–H and O–H groups in total. The van der Waals surface area contributed by atoms with Crippen molar-refractivity contribution in [2.24, 2.45) is 0 Å². The van der Waals surface area contributed by atoms with Gasteiger partial charge in [0.1, 0.15) is 0 Å². The smallest absolute Gasteiger partial charge is 0.304 e. The summed E-state index contributed by atoms with van der Waals surface area (Å²) in [7, 11) is 0. The highest BCUT2D eigenvalue weighted by Crippen LogP contribution is 2.30. The quantitative estimate of drug-likeness (QED) is 0.696. The summed E-state index contributed by atoms with van der Waals surface area (Å²) in [6.45, 7) is 3.96. The number of rotatable bonds is 6. The number of hydrogen-bond donors (Lipinski definition) is 2. The molecule has 0 aliphatic heterocycles. The van der Waals surface area contributed by atoms with Crippen LogP contribution in [0, 0.1) is 0 Å². The second-order valence-electron chi connectivity index (χ2n) is 4.44. The summed E-state index contributed by atoms with van der Waals surface area (Å²) in [6, 6.07) is 0. The predicted molar refractivity (Wildman–Crippen MR) is 57.8 cm³/mol. The van der Waals surface area contributed by atoms with Crippen LogP contribution in [0.4, 0.5) is 0 Å². The molecule has 0 unspecified atom stereocenters. The summed E-state index contributed by atoms with van der Waals surface area (Å²) < 4.78 is 0. The zero-order chi connectivity index (χ0) is 11.3. The first-order valence-electron chi connectivity index (χ1n) is 5.72. The monoisotopic (exact) mass is 215 g/mol. The number of nitrogens with zero attached hydrogens (tertiary/aromatic N) is 1. The van der Waals surface area contributed by atoms with Crippen LogP contribution in [-0.2, 0) is 4.79 Å². The minimum Gasteiger partial charge on any atom is -0.481 e. The summed E-state index contributed by atoms with van der Waals surface area (Å²) in [5.41, 5.74) is -0.561. The van der Waals surface area contributed by atoms with Crippen molar-refractivity contribution in [2.45, 2.75) is 44.6 Å². The summed E-state index contributed by atoms with van der Waals surface area (Å²) >= 11 is 0. The van der Waals surface area contributed by atoms with Crippen LogP contribution in [0.3, 0.4) is 0 Å². The Labute approximate surface area is 90.9 Å². The molecular weight excluding hydrogens is 194 g/mol. The molecule has 4 nitrogen and oxygen atoms in total. The third-order valence-corrected chi connectivity index (χ3v) is 3.14. The van der Waals surface area contributed by atoms with Crippen molar-refractivity contribution in [3.05, 3.63) is 0 Å². The van der Waals surface area contributed by atoms with E-state index in [0.717, 1.165) is 32.2 Å². The predicted octanol–water partition coefficient (Wildman–Crippen LogP) is 1.09. The van der Waals surface area contributed by atoms with Crippen LogP contribution < -0.4 is 0 Å². The third-order valence-electron chi connectivity index (χ3n) is 3.14. The van der Waals surface area contributed by atoms with Gasteiger partial charge in [0.2, 0.25) is 0 Å². The summed E-state index contributed by atoms with van der Waals surface area (Å²) in [4.78, 5) is 12.5. The molecule has 0 bridgehead atoms. The Morgan fingerprint density at radius 2 is 2.00 bits per heavy atom. The van der Waals surface area contributed by atoms with Gasteiger partial charge in [-0.25, -0.2) is 0 Å². The molecule has 1 fully saturated rings. The van der Waals surface area contributed by atoms with Gasteiger partial charge in [-0.2, -0.15) is 0 Å². The van der Waals surface area contributed by atoms with E-state index in [1.54, 1.807) is 0 Å². The van der Waals surface area contributed by atoms with Crippen LogP contribution in [0.1, 0.15) is 39.0 Å². The van der Waals surface area contributed by atoms with Gasteiger partial charge in [0, 0.05) is 13.1 Å². The van der Waals surface area contributed by atoms with Crippen LogP contribution in [0.5, 0.6) is 0 Å². The molecule has 0 aromatic heterocycles. The Morgan fingerprint density at radius 1 is 1.40 bits per heavy atom. The minimum atomic E-state index is -0.771.